The van der Waals surface area contributed by atoms with Gasteiger partial charge in [-0.2, -0.15) is 0 Å². The first kappa shape index (κ1) is 13.2. The van der Waals surface area contributed by atoms with Gasteiger partial charge in [-0.1, -0.05) is 13.3 Å². The van der Waals surface area contributed by atoms with Crippen LogP contribution in [0, 0.1) is 0 Å². The molecule has 0 fully saturated rings. The summed E-state index contributed by atoms with van der Waals surface area (Å²) in [4.78, 5) is 11.3. The average Bonchev–Trinajstić information content (AvgIpc) is 2.00. The standard InChI is InChI=1S/C10H22N2O2/c1-5-6-8(7-11)12-9(13)14-10(2,3)4/h8H,5-7,11H2,1-4H3,(H,12,13). The Kier molecular flexibility index (Phi) is 5.53. The molecule has 1 unspecified atom stereocenters. The molecule has 0 aromatic rings. The molecule has 0 heterocycles. The van der Waals surface area contributed by atoms with Crippen LogP contribution in [-0.4, -0.2) is 24.3 Å². The van der Waals surface area contributed by atoms with Crippen molar-refractivity contribution in [1.29, 1.82) is 0 Å². The Morgan fingerprint density at radius 1 is 1.50 bits per heavy atom. The molecule has 0 saturated heterocycles. The van der Waals surface area contributed by atoms with E-state index in [4.69, 9.17) is 10.5 Å². The maximum atomic E-state index is 11.3. The molecule has 0 radical (unpaired) electrons. The Morgan fingerprint density at radius 3 is 2.43 bits per heavy atom. The zero-order valence-corrected chi connectivity index (χ0v) is 9.59. The van der Waals surface area contributed by atoms with E-state index >= 15 is 0 Å². The summed E-state index contributed by atoms with van der Waals surface area (Å²) in [5.41, 5.74) is 5.05. The Hall–Kier alpha value is -0.770. The topological polar surface area (TPSA) is 64.3 Å². The number of rotatable bonds is 4. The smallest absolute Gasteiger partial charge is 0.407 e. The lowest BCUT2D eigenvalue weighted by molar-refractivity contribution is 0.0503. The zero-order chi connectivity index (χ0) is 11.2. The van der Waals surface area contributed by atoms with Crippen molar-refractivity contribution in [3.05, 3.63) is 0 Å². The van der Waals surface area contributed by atoms with Crippen molar-refractivity contribution in [3.8, 4) is 0 Å². The molecule has 0 rings (SSSR count). The maximum absolute atomic E-state index is 11.3. The molecule has 1 atom stereocenters. The van der Waals surface area contributed by atoms with Crippen LogP contribution >= 0.6 is 0 Å². The Morgan fingerprint density at radius 2 is 2.07 bits per heavy atom. The van der Waals surface area contributed by atoms with E-state index in [0.29, 0.717) is 6.54 Å². The van der Waals surface area contributed by atoms with Crippen LogP contribution in [0.5, 0.6) is 0 Å². The zero-order valence-electron chi connectivity index (χ0n) is 9.59. The minimum Gasteiger partial charge on any atom is -0.444 e. The number of hydrogen-bond donors (Lipinski definition) is 2. The molecule has 0 spiro atoms. The van der Waals surface area contributed by atoms with Gasteiger partial charge in [-0.25, -0.2) is 4.79 Å². The van der Waals surface area contributed by atoms with E-state index in [9.17, 15) is 4.79 Å². The normalized spacial score (nSPS) is 13.5. The second-order valence-electron chi connectivity index (χ2n) is 4.37. The Labute approximate surface area is 86.2 Å². The van der Waals surface area contributed by atoms with Gasteiger partial charge in [-0.15, -0.1) is 0 Å². The highest BCUT2D eigenvalue weighted by Crippen LogP contribution is 2.07. The minimum absolute atomic E-state index is 0.0230. The van der Waals surface area contributed by atoms with E-state index in [2.05, 4.69) is 12.2 Å². The van der Waals surface area contributed by atoms with Crippen LogP contribution in [0.25, 0.3) is 0 Å². The van der Waals surface area contributed by atoms with Gasteiger partial charge in [0.1, 0.15) is 5.60 Å². The van der Waals surface area contributed by atoms with Gasteiger partial charge in [0.2, 0.25) is 0 Å². The first-order valence-electron chi connectivity index (χ1n) is 5.08. The number of alkyl carbamates (subject to hydrolysis) is 1. The molecule has 0 aromatic carbocycles. The molecule has 0 aliphatic rings. The monoisotopic (exact) mass is 202 g/mol. The van der Waals surface area contributed by atoms with Crippen molar-refractivity contribution >= 4 is 6.09 Å². The number of nitrogens with one attached hydrogen (secondary N) is 1. The fourth-order valence-electron chi connectivity index (χ4n) is 1.07. The molecule has 3 N–H and O–H groups in total. The second-order valence-corrected chi connectivity index (χ2v) is 4.37. The molecule has 84 valence electrons. The lowest BCUT2D eigenvalue weighted by Crippen LogP contribution is -2.42. The summed E-state index contributed by atoms with van der Waals surface area (Å²) in [6, 6.07) is 0.0230. The minimum atomic E-state index is -0.449. The number of nitrogens with two attached hydrogens (primary N) is 1. The summed E-state index contributed by atoms with van der Waals surface area (Å²) in [6.45, 7) is 8.02. The van der Waals surface area contributed by atoms with E-state index in [-0.39, 0.29) is 12.1 Å². The van der Waals surface area contributed by atoms with Crippen molar-refractivity contribution in [3.63, 3.8) is 0 Å². The van der Waals surface area contributed by atoms with Crippen LogP contribution in [0.2, 0.25) is 0 Å². The van der Waals surface area contributed by atoms with Gasteiger partial charge in [-0.3, -0.25) is 0 Å². The second kappa shape index (κ2) is 5.86. The van der Waals surface area contributed by atoms with Crippen LogP contribution in [-0.2, 0) is 4.74 Å². The molecule has 14 heavy (non-hydrogen) atoms. The predicted molar refractivity (Wildman–Crippen MR) is 57.1 cm³/mol. The number of amides is 1. The van der Waals surface area contributed by atoms with Crippen LogP contribution in [0.4, 0.5) is 4.79 Å². The molecule has 1 amide bonds. The first-order valence-corrected chi connectivity index (χ1v) is 5.08. The lowest BCUT2D eigenvalue weighted by atomic mass is 10.2. The van der Waals surface area contributed by atoms with Crippen molar-refractivity contribution < 1.29 is 9.53 Å². The molecule has 0 aliphatic heterocycles. The number of ether oxygens (including phenoxy) is 1. The number of carbonyl (C=O) groups excluding carboxylic acids is 1. The third-order valence-corrected chi connectivity index (χ3v) is 1.64. The molecule has 0 saturated carbocycles. The summed E-state index contributed by atoms with van der Waals surface area (Å²) in [5.74, 6) is 0. The number of carbonyl (C=O) groups is 1. The maximum Gasteiger partial charge on any atom is 0.407 e. The van der Waals surface area contributed by atoms with Gasteiger partial charge in [0.05, 0.1) is 0 Å². The summed E-state index contributed by atoms with van der Waals surface area (Å²) in [5, 5.41) is 2.74. The quantitative estimate of drug-likeness (QED) is 0.728. The Bertz CT molecular complexity index is 175. The van der Waals surface area contributed by atoms with Crippen molar-refractivity contribution in [1.82, 2.24) is 5.32 Å². The van der Waals surface area contributed by atoms with Crippen LogP contribution in [0.3, 0.4) is 0 Å². The first-order chi connectivity index (χ1) is 6.39. The molecular formula is C10H22N2O2. The van der Waals surface area contributed by atoms with Crippen molar-refractivity contribution in [2.24, 2.45) is 5.73 Å². The van der Waals surface area contributed by atoms with Crippen LogP contribution in [0.1, 0.15) is 40.5 Å². The van der Waals surface area contributed by atoms with E-state index < -0.39 is 5.60 Å². The number of hydrogen-bond acceptors (Lipinski definition) is 3. The highest BCUT2D eigenvalue weighted by atomic mass is 16.6. The third-order valence-electron chi connectivity index (χ3n) is 1.64. The Balaban J connectivity index is 3.91. The van der Waals surface area contributed by atoms with Gasteiger partial charge in [0, 0.05) is 12.6 Å². The third kappa shape index (κ3) is 6.71. The average molecular weight is 202 g/mol. The molecule has 0 bridgehead atoms. The summed E-state index contributed by atoms with van der Waals surface area (Å²) < 4.78 is 5.11. The largest absolute Gasteiger partial charge is 0.444 e. The van der Waals surface area contributed by atoms with Crippen molar-refractivity contribution in [2.75, 3.05) is 6.54 Å². The van der Waals surface area contributed by atoms with Gasteiger partial charge in [0.15, 0.2) is 0 Å². The molecule has 0 aromatic heterocycles. The fourth-order valence-corrected chi connectivity index (χ4v) is 1.07. The van der Waals surface area contributed by atoms with E-state index in [1.807, 2.05) is 20.8 Å². The molecular weight excluding hydrogens is 180 g/mol. The van der Waals surface area contributed by atoms with Crippen molar-refractivity contribution in [2.45, 2.75) is 52.2 Å². The highest BCUT2D eigenvalue weighted by Gasteiger charge is 2.18. The fraction of sp³-hybridized carbons (Fsp3) is 0.900. The summed E-state index contributed by atoms with van der Waals surface area (Å²) in [6.07, 6.45) is 1.49. The van der Waals surface area contributed by atoms with Gasteiger partial charge >= 0.3 is 6.09 Å². The van der Waals surface area contributed by atoms with E-state index in [0.717, 1.165) is 12.8 Å². The predicted octanol–water partition coefficient (Wildman–Crippen LogP) is 1.64. The van der Waals surface area contributed by atoms with Crippen LogP contribution in [0.15, 0.2) is 0 Å². The van der Waals surface area contributed by atoms with E-state index in [1.54, 1.807) is 0 Å². The van der Waals surface area contributed by atoms with Gasteiger partial charge in [0.25, 0.3) is 0 Å². The van der Waals surface area contributed by atoms with Crippen LogP contribution < -0.4 is 11.1 Å². The lowest BCUT2D eigenvalue weighted by Gasteiger charge is -2.22. The summed E-state index contributed by atoms with van der Waals surface area (Å²) in [7, 11) is 0. The van der Waals surface area contributed by atoms with Gasteiger partial charge < -0.3 is 15.8 Å². The molecule has 4 heteroatoms. The SMILES string of the molecule is CCCC(CN)NC(=O)OC(C)(C)C. The van der Waals surface area contributed by atoms with Gasteiger partial charge in [-0.05, 0) is 27.2 Å². The molecule has 4 nitrogen and oxygen atoms in total. The highest BCUT2D eigenvalue weighted by molar-refractivity contribution is 5.68. The summed E-state index contributed by atoms with van der Waals surface area (Å²) >= 11 is 0. The molecule has 0 aliphatic carbocycles. The van der Waals surface area contributed by atoms with E-state index in [1.165, 1.54) is 0 Å².